The van der Waals surface area contributed by atoms with Gasteiger partial charge in [-0.1, -0.05) is 44.2 Å². The maximum Gasteiger partial charge on any atom is 0.249 e. The first kappa shape index (κ1) is 17.5. The zero-order chi connectivity index (χ0) is 16.8. The molecule has 5 nitrogen and oxygen atoms in total. The first-order chi connectivity index (χ1) is 11.0. The highest BCUT2D eigenvalue weighted by atomic mass is 16.3. The van der Waals surface area contributed by atoms with E-state index in [2.05, 4.69) is 5.32 Å². The van der Waals surface area contributed by atoms with Crippen molar-refractivity contribution in [2.75, 3.05) is 19.7 Å². The van der Waals surface area contributed by atoms with Crippen molar-refractivity contribution in [3.05, 3.63) is 35.9 Å². The van der Waals surface area contributed by atoms with E-state index in [4.69, 9.17) is 0 Å². The lowest BCUT2D eigenvalue weighted by molar-refractivity contribution is -0.136. The minimum absolute atomic E-state index is 0.0933. The molecule has 2 rings (SSSR count). The number of amides is 2. The normalized spacial score (nSPS) is 19.0. The first-order valence-corrected chi connectivity index (χ1v) is 8.25. The molecule has 1 aromatic carbocycles. The zero-order valence-corrected chi connectivity index (χ0v) is 13.9. The molecule has 0 bridgehead atoms. The number of carbonyl (C=O) groups is 2. The fourth-order valence-electron chi connectivity index (χ4n) is 2.89. The van der Waals surface area contributed by atoms with Gasteiger partial charge in [0.05, 0.1) is 0 Å². The molecule has 1 heterocycles. The number of hydrogen-bond donors (Lipinski definition) is 2. The summed E-state index contributed by atoms with van der Waals surface area (Å²) in [4.78, 5) is 26.8. The van der Waals surface area contributed by atoms with Crippen molar-refractivity contribution in [2.24, 2.45) is 11.8 Å². The van der Waals surface area contributed by atoms with Crippen LogP contribution in [0.1, 0.15) is 38.3 Å². The third-order valence-electron chi connectivity index (χ3n) is 4.13. The van der Waals surface area contributed by atoms with Crippen LogP contribution in [0.2, 0.25) is 0 Å². The molecular weight excluding hydrogens is 292 g/mol. The highest BCUT2D eigenvalue weighted by Gasteiger charge is 2.32. The molecule has 23 heavy (non-hydrogen) atoms. The van der Waals surface area contributed by atoms with Crippen molar-refractivity contribution in [3.63, 3.8) is 0 Å². The molecule has 0 spiro atoms. The molecule has 126 valence electrons. The first-order valence-electron chi connectivity index (χ1n) is 8.25. The molecule has 1 saturated heterocycles. The van der Waals surface area contributed by atoms with Crippen molar-refractivity contribution < 1.29 is 14.7 Å². The Kier molecular flexibility index (Phi) is 6.16. The standard InChI is InChI=1S/C18H26N2O3/c1-13(2)10-16(22)19-17(15-6-4-3-5-7-15)18(23)20-9-8-14(11-20)12-21/h3-7,13-14,17,21H,8-12H2,1-2H3,(H,19,22). The van der Waals surface area contributed by atoms with Gasteiger partial charge in [-0.05, 0) is 17.9 Å². The Balaban J connectivity index is 2.13. The molecule has 0 saturated carbocycles. The molecule has 0 aliphatic carbocycles. The fraction of sp³-hybridized carbons (Fsp3) is 0.556. The van der Waals surface area contributed by atoms with Crippen LogP contribution in [-0.4, -0.2) is 41.5 Å². The van der Waals surface area contributed by atoms with Crippen LogP contribution in [0, 0.1) is 11.8 Å². The van der Waals surface area contributed by atoms with E-state index < -0.39 is 6.04 Å². The van der Waals surface area contributed by atoms with Gasteiger partial charge in [0, 0.05) is 32.0 Å². The average molecular weight is 318 g/mol. The van der Waals surface area contributed by atoms with Crippen molar-refractivity contribution in [1.29, 1.82) is 0 Å². The topological polar surface area (TPSA) is 69.6 Å². The van der Waals surface area contributed by atoms with Crippen molar-refractivity contribution >= 4 is 11.8 Å². The number of nitrogens with zero attached hydrogens (tertiary/aromatic N) is 1. The molecule has 1 aliphatic heterocycles. The van der Waals surface area contributed by atoms with Crippen molar-refractivity contribution in [1.82, 2.24) is 10.2 Å². The van der Waals surface area contributed by atoms with Gasteiger partial charge in [-0.2, -0.15) is 0 Å². The molecule has 1 fully saturated rings. The van der Waals surface area contributed by atoms with Crippen LogP contribution >= 0.6 is 0 Å². The van der Waals surface area contributed by atoms with Gasteiger partial charge in [0.1, 0.15) is 6.04 Å². The summed E-state index contributed by atoms with van der Waals surface area (Å²) in [6.07, 6.45) is 1.21. The van der Waals surface area contributed by atoms with Crippen LogP contribution in [0.25, 0.3) is 0 Å². The molecule has 5 heteroatoms. The number of likely N-dealkylation sites (tertiary alicyclic amines) is 1. The number of aliphatic hydroxyl groups excluding tert-OH is 1. The lowest BCUT2D eigenvalue weighted by Gasteiger charge is -2.25. The summed E-state index contributed by atoms with van der Waals surface area (Å²) in [5.41, 5.74) is 0.794. The Bertz CT molecular complexity index is 530. The second-order valence-corrected chi connectivity index (χ2v) is 6.63. The highest BCUT2D eigenvalue weighted by molar-refractivity contribution is 5.89. The largest absolute Gasteiger partial charge is 0.396 e. The van der Waals surface area contributed by atoms with E-state index >= 15 is 0 Å². The third-order valence-corrected chi connectivity index (χ3v) is 4.13. The molecule has 2 amide bonds. The summed E-state index contributed by atoms with van der Waals surface area (Å²) in [5, 5.41) is 12.1. The molecule has 1 aliphatic rings. The predicted molar refractivity (Wildman–Crippen MR) is 88.6 cm³/mol. The Hall–Kier alpha value is -1.88. The monoisotopic (exact) mass is 318 g/mol. The van der Waals surface area contributed by atoms with Gasteiger partial charge < -0.3 is 15.3 Å². The third kappa shape index (κ3) is 4.79. The summed E-state index contributed by atoms with van der Waals surface area (Å²) in [7, 11) is 0. The molecule has 0 radical (unpaired) electrons. The van der Waals surface area contributed by atoms with E-state index in [-0.39, 0.29) is 30.3 Å². The summed E-state index contributed by atoms with van der Waals surface area (Å²) in [6, 6.07) is 8.68. The molecule has 1 aromatic rings. The molecule has 2 N–H and O–H groups in total. The van der Waals surface area contributed by atoms with E-state index in [0.29, 0.717) is 19.5 Å². The molecular formula is C18H26N2O3. The van der Waals surface area contributed by atoms with E-state index in [1.165, 1.54) is 0 Å². The van der Waals surface area contributed by atoms with Crippen LogP contribution in [0.3, 0.4) is 0 Å². The van der Waals surface area contributed by atoms with Gasteiger partial charge in [0.25, 0.3) is 0 Å². The SMILES string of the molecule is CC(C)CC(=O)NC(C(=O)N1CCC(CO)C1)c1ccccc1. The number of aliphatic hydroxyl groups is 1. The van der Waals surface area contributed by atoms with Crippen LogP contribution in [0.15, 0.2) is 30.3 Å². The molecule has 2 atom stereocenters. The van der Waals surface area contributed by atoms with Crippen molar-refractivity contribution in [2.45, 2.75) is 32.7 Å². The quantitative estimate of drug-likeness (QED) is 0.839. The van der Waals surface area contributed by atoms with Crippen molar-refractivity contribution in [3.8, 4) is 0 Å². The Morgan fingerprint density at radius 1 is 1.30 bits per heavy atom. The Labute approximate surface area is 137 Å². The summed E-state index contributed by atoms with van der Waals surface area (Å²) >= 11 is 0. The highest BCUT2D eigenvalue weighted by Crippen LogP contribution is 2.22. The van der Waals surface area contributed by atoms with Crippen LogP contribution in [0.5, 0.6) is 0 Å². The van der Waals surface area contributed by atoms with Gasteiger partial charge in [0.15, 0.2) is 0 Å². The lowest BCUT2D eigenvalue weighted by Crippen LogP contribution is -2.42. The van der Waals surface area contributed by atoms with E-state index in [0.717, 1.165) is 12.0 Å². The summed E-state index contributed by atoms with van der Waals surface area (Å²) < 4.78 is 0. The maximum atomic E-state index is 12.9. The van der Waals surface area contributed by atoms with Gasteiger partial charge in [-0.25, -0.2) is 0 Å². The van der Waals surface area contributed by atoms with E-state index in [9.17, 15) is 14.7 Å². The number of nitrogens with one attached hydrogen (secondary N) is 1. The Morgan fingerprint density at radius 2 is 2.00 bits per heavy atom. The second-order valence-electron chi connectivity index (χ2n) is 6.63. The molecule has 2 unspecified atom stereocenters. The van der Waals surface area contributed by atoms with E-state index in [1.807, 2.05) is 44.2 Å². The van der Waals surface area contributed by atoms with Gasteiger partial charge in [-0.3, -0.25) is 9.59 Å². The summed E-state index contributed by atoms with van der Waals surface area (Å²) in [5.74, 6) is 0.179. The maximum absolute atomic E-state index is 12.9. The number of benzene rings is 1. The smallest absolute Gasteiger partial charge is 0.249 e. The fourth-order valence-corrected chi connectivity index (χ4v) is 2.89. The van der Waals surface area contributed by atoms with E-state index in [1.54, 1.807) is 4.90 Å². The van der Waals surface area contributed by atoms with Crippen LogP contribution in [0.4, 0.5) is 0 Å². The second kappa shape index (κ2) is 8.11. The number of hydrogen-bond acceptors (Lipinski definition) is 3. The molecule has 0 aromatic heterocycles. The Morgan fingerprint density at radius 3 is 2.57 bits per heavy atom. The van der Waals surface area contributed by atoms with Gasteiger partial charge in [0.2, 0.25) is 11.8 Å². The van der Waals surface area contributed by atoms with Gasteiger partial charge in [-0.15, -0.1) is 0 Å². The zero-order valence-electron chi connectivity index (χ0n) is 13.9. The minimum Gasteiger partial charge on any atom is -0.396 e. The predicted octanol–water partition coefficient (Wildman–Crippen LogP) is 1.73. The number of rotatable bonds is 6. The average Bonchev–Trinajstić information content (AvgIpc) is 3.01. The van der Waals surface area contributed by atoms with Gasteiger partial charge >= 0.3 is 0 Å². The number of carbonyl (C=O) groups excluding carboxylic acids is 2. The minimum atomic E-state index is -0.653. The van der Waals surface area contributed by atoms with Crippen LogP contribution < -0.4 is 5.32 Å². The van der Waals surface area contributed by atoms with Crippen LogP contribution in [-0.2, 0) is 9.59 Å². The lowest BCUT2D eigenvalue weighted by atomic mass is 10.0. The summed E-state index contributed by atoms with van der Waals surface area (Å²) in [6.45, 7) is 5.24.